The molecule has 2 amide bonds. The van der Waals surface area contributed by atoms with Crippen molar-refractivity contribution in [3.63, 3.8) is 0 Å². The highest BCUT2D eigenvalue weighted by Gasteiger charge is 2.44. The van der Waals surface area contributed by atoms with Crippen LogP contribution in [-0.4, -0.2) is 47.6 Å². The molecule has 2 aromatic rings. The highest BCUT2D eigenvalue weighted by atomic mass is 28.4. The fraction of sp³-hybridized carbons (Fsp3) is 0.600. The lowest BCUT2D eigenvalue weighted by Crippen LogP contribution is -2.52. The average Bonchev–Trinajstić information content (AvgIpc) is 2.87. The van der Waals surface area contributed by atoms with Crippen molar-refractivity contribution in [2.45, 2.75) is 103 Å². The zero-order valence-corrected chi connectivity index (χ0v) is 26.9. The van der Waals surface area contributed by atoms with E-state index in [4.69, 9.17) is 9.16 Å². The number of aromatic hydroxyl groups is 1. The Morgan fingerprint density at radius 1 is 1.12 bits per heavy atom. The van der Waals surface area contributed by atoms with Gasteiger partial charge in [-0.15, -0.1) is 0 Å². The maximum Gasteiger partial charge on any atom is 0.408 e. The van der Waals surface area contributed by atoms with E-state index in [2.05, 4.69) is 54.5 Å². The number of hydrogen-bond acceptors (Lipinski definition) is 7. The Morgan fingerprint density at radius 3 is 2.26 bits per heavy atom. The minimum absolute atomic E-state index is 0.0274. The van der Waals surface area contributed by atoms with Crippen LogP contribution in [0.25, 0.3) is 0 Å². The van der Waals surface area contributed by atoms with Crippen LogP contribution in [0.15, 0.2) is 29.1 Å². The molecule has 1 saturated carbocycles. The summed E-state index contributed by atoms with van der Waals surface area (Å²) in [5.74, 6) is -1.73. The molecule has 232 valence electrons. The number of halogens is 1. The third-order valence-electron chi connectivity index (χ3n) is 8.11. The summed E-state index contributed by atoms with van der Waals surface area (Å²) >= 11 is 0. The third-order valence-corrected chi connectivity index (χ3v) is 12.6. The number of alkyl carbamates (subject to hydrolysis) is 1. The largest absolute Gasteiger partial charge is 0.501 e. The highest BCUT2D eigenvalue weighted by molar-refractivity contribution is 6.74. The predicted octanol–water partition coefficient (Wildman–Crippen LogP) is 5.48. The first-order valence-electron chi connectivity index (χ1n) is 14.3. The number of nitrogens with one attached hydrogen (secondary N) is 3. The molecule has 0 spiro atoms. The molecule has 0 saturated heterocycles. The zero-order valence-electron chi connectivity index (χ0n) is 25.9. The van der Waals surface area contributed by atoms with Gasteiger partial charge in [-0.2, -0.15) is 0 Å². The summed E-state index contributed by atoms with van der Waals surface area (Å²) in [6, 6.07) is 5.56. The molecule has 10 nitrogen and oxygen atoms in total. The number of ether oxygens (including phenoxy) is 1. The molecule has 0 aliphatic heterocycles. The molecular weight excluding hydrogens is 559 g/mol. The molecule has 0 unspecified atom stereocenters. The number of hydrogen-bond donors (Lipinski definition) is 4. The summed E-state index contributed by atoms with van der Waals surface area (Å²) in [5, 5.41) is 16.1. The Morgan fingerprint density at radius 2 is 1.71 bits per heavy atom. The van der Waals surface area contributed by atoms with E-state index < -0.39 is 54.3 Å². The van der Waals surface area contributed by atoms with Gasteiger partial charge in [-0.05, 0) is 88.2 Å². The van der Waals surface area contributed by atoms with Crippen molar-refractivity contribution in [3.8, 4) is 5.75 Å². The Kier molecular flexibility index (Phi) is 9.93. The third kappa shape index (κ3) is 8.40. The summed E-state index contributed by atoms with van der Waals surface area (Å²) in [4.78, 5) is 45.8. The lowest BCUT2D eigenvalue weighted by atomic mass is 9.76. The molecule has 12 heteroatoms. The van der Waals surface area contributed by atoms with E-state index in [0.29, 0.717) is 37.9 Å². The lowest BCUT2D eigenvalue weighted by molar-refractivity contribution is 0.0378. The average molecular weight is 605 g/mol. The van der Waals surface area contributed by atoms with Crippen molar-refractivity contribution in [2.24, 2.45) is 5.92 Å². The van der Waals surface area contributed by atoms with E-state index in [1.165, 1.54) is 24.3 Å². The van der Waals surface area contributed by atoms with Crippen LogP contribution in [-0.2, 0) is 21.2 Å². The van der Waals surface area contributed by atoms with Crippen molar-refractivity contribution in [1.82, 2.24) is 20.6 Å². The number of amides is 2. The summed E-state index contributed by atoms with van der Waals surface area (Å²) in [7, 11) is -1.95. The van der Waals surface area contributed by atoms with E-state index in [1.807, 2.05) is 0 Å². The topological polar surface area (TPSA) is 143 Å². The van der Waals surface area contributed by atoms with Crippen LogP contribution in [0.4, 0.5) is 9.18 Å². The Labute approximate surface area is 247 Å². The second-order valence-electron chi connectivity index (χ2n) is 13.6. The van der Waals surface area contributed by atoms with E-state index >= 15 is 0 Å². The maximum absolute atomic E-state index is 13.2. The lowest BCUT2D eigenvalue weighted by Gasteiger charge is -2.42. The van der Waals surface area contributed by atoms with Crippen LogP contribution < -0.4 is 16.2 Å². The normalized spacial score (nSPS) is 19.7. The van der Waals surface area contributed by atoms with E-state index in [-0.39, 0.29) is 23.3 Å². The summed E-state index contributed by atoms with van der Waals surface area (Å²) in [6.45, 7) is 16.9. The number of carbonyl (C=O) groups excluding carboxylic acids is 2. The Hall–Kier alpha value is -3.25. The molecule has 1 aliphatic rings. The minimum Gasteiger partial charge on any atom is -0.501 e. The standard InChI is InChI=1S/C30H45FN4O6Si/c1-28(2,3)41-27(39)35-30(15-13-20(14-16-30)18-40-42(7,8)29(4,5)6)26-33-22(23(36)25(38)34-26)24(37)32-17-19-9-11-21(31)12-10-19/h9-12,20,36H,13-18H2,1-8H3,(H,32,37)(H,35,39)(H,33,34,38). The first-order chi connectivity index (χ1) is 19.3. The van der Waals surface area contributed by atoms with Crippen molar-refractivity contribution < 1.29 is 28.2 Å². The summed E-state index contributed by atoms with van der Waals surface area (Å²) in [5.41, 5.74) is -2.66. The first kappa shape index (κ1) is 33.3. The zero-order chi connectivity index (χ0) is 31.5. The Balaban J connectivity index is 1.87. The second-order valence-corrected chi connectivity index (χ2v) is 18.5. The fourth-order valence-corrected chi connectivity index (χ4v) is 5.61. The molecule has 1 aromatic carbocycles. The van der Waals surface area contributed by atoms with Crippen LogP contribution in [0.5, 0.6) is 5.75 Å². The summed E-state index contributed by atoms with van der Waals surface area (Å²) in [6.07, 6.45) is 1.46. The molecule has 0 atom stereocenters. The van der Waals surface area contributed by atoms with Gasteiger partial charge >= 0.3 is 6.09 Å². The van der Waals surface area contributed by atoms with Gasteiger partial charge in [-0.1, -0.05) is 32.9 Å². The molecule has 0 bridgehead atoms. The van der Waals surface area contributed by atoms with E-state index in [0.717, 1.165) is 0 Å². The van der Waals surface area contributed by atoms with Gasteiger partial charge in [0.2, 0.25) is 5.75 Å². The van der Waals surface area contributed by atoms with Crippen LogP contribution in [0, 0.1) is 11.7 Å². The number of H-pyrrole nitrogens is 1. The molecule has 3 rings (SSSR count). The van der Waals surface area contributed by atoms with Gasteiger partial charge in [0.15, 0.2) is 14.0 Å². The van der Waals surface area contributed by atoms with Gasteiger partial charge in [-0.25, -0.2) is 14.2 Å². The van der Waals surface area contributed by atoms with Gasteiger partial charge in [0, 0.05) is 13.2 Å². The molecule has 1 heterocycles. The molecule has 4 N–H and O–H groups in total. The second kappa shape index (κ2) is 12.5. The SMILES string of the molecule is CC(C)(C)OC(=O)NC1(c2nc(C(=O)NCc3ccc(F)cc3)c(O)c(=O)[nH]2)CCC(CO[Si](C)(C)C(C)(C)C)CC1. The number of nitrogens with zero attached hydrogens (tertiary/aromatic N) is 1. The maximum atomic E-state index is 13.2. The van der Waals surface area contributed by atoms with Crippen LogP contribution >= 0.6 is 0 Å². The molecule has 1 aliphatic carbocycles. The quantitative estimate of drug-likeness (QED) is 0.292. The van der Waals surface area contributed by atoms with Crippen LogP contribution in [0.3, 0.4) is 0 Å². The number of carbonyl (C=O) groups is 2. The smallest absolute Gasteiger partial charge is 0.408 e. The van der Waals surface area contributed by atoms with Crippen molar-refractivity contribution in [3.05, 3.63) is 57.5 Å². The minimum atomic E-state index is -1.95. The first-order valence-corrected chi connectivity index (χ1v) is 17.2. The molecule has 1 aromatic heterocycles. The van der Waals surface area contributed by atoms with Crippen molar-refractivity contribution in [1.29, 1.82) is 0 Å². The van der Waals surface area contributed by atoms with Gasteiger partial charge in [0.25, 0.3) is 11.5 Å². The van der Waals surface area contributed by atoms with Crippen LogP contribution in [0.1, 0.15) is 89.1 Å². The van der Waals surface area contributed by atoms with E-state index in [1.54, 1.807) is 20.8 Å². The summed E-state index contributed by atoms with van der Waals surface area (Å²) < 4.78 is 25.2. The molecule has 1 fully saturated rings. The predicted molar refractivity (Wildman–Crippen MR) is 160 cm³/mol. The highest BCUT2D eigenvalue weighted by Crippen LogP contribution is 2.41. The molecule has 42 heavy (non-hydrogen) atoms. The van der Waals surface area contributed by atoms with Gasteiger partial charge in [-0.3, -0.25) is 9.59 Å². The number of aromatic amines is 1. The molecular formula is C30H45FN4O6Si. The van der Waals surface area contributed by atoms with Gasteiger partial charge in [0.05, 0.1) is 0 Å². The van der Waals surface area contributed by atoms with Crippen LogP contribution in [0.2, 0.25) is 18.1 Å². The van der Waals surface area contributed by atoms with Crippen molar-refractivity contribution in [2.75, 3.05) is 6.61 Å². The van der Waals surface area contributed by atoms with Crippen molar-refractivity contribution >= 4 is 20.3 Å². The fourth-order valence-electron chi connectivity index (χ4n) is 4.52. The Bertz CT molecular complexity index is 1320. The van der Waals surface area contributed by atoms with Gasteiger partial charge < -0.3 is 29.9 Å². The number of aromatic nitrogens is 2. The van der Waals surface area contributed by atoms with Gasteiger partial charge in [0.1, 0.15) is 22.8 Å². The number of benzene rings is 1. The monoisotopic (exact) mass is 604 g/mol. The van der Waals surface area contributed by atoms with E-state index in [9.17, 15) is 23.9 Å². The molecule has 0 radical (unpaired) electrons. The number of rotatable bonds is 8.